The van der Waals surface area contributed by atoms with Gasteiger partial charge in [-0.3, -0.25) is 4.98 Å². The average molecular weight is 254 g/mol. The molecule has 3 heterocycles. The first-order valence-corrected chi connectivity index (χ1v) is 6.36. The summed E-state index contributed by atoms with van der Waals surface area (Å²) in [5.74, 6) is 0. The number of primary amides is 1. The molecule has 0 aliphatic carbocycles. The highest BCUT2D eigenvalue weighted by Crippen LogP contribution is 2.45. The molecule has 2 aliphatic heterocycles. The van der Waals surface area contributed by atoms with E-state index in [0.717, 1.165) is 17.7 Å². The molecule has 2 amide bonds. The molecule has 0 bridgehead atoms. The SMILES string of the molecule is NC(=O)N1CC2(CNc3cnc4ccccc4c32)C1. The van der Waals surface area contributed by atoms with E-state index in [9.17, 15) is 4.79 Å². The molecule has 1 saturated heterocycles. The van der Waals surface area contributed by atoms with Crippen LogP contribution in [0.3, 0.4) is 0 Å². The van der Waals surface area contributed by atoms with Crippen LogP contribution in [0.2, 0.25) is 0 Å². The number of pyridine rings is 1. The monoisotopic (exact) mass is 254 g/mol. The van der Waals surface area contributed by atoms with E-state index in [2.05, 4.69) is 16.4 Å². The van der Waals surface area contributed by atoms with Gasteiger partial charge < -0.3 is 16.0 Å². The average Bonchev–Trinajstić information content (AvgIpc) is 2.76. The van der Waals surface area contributed by atoms with Crippen molar-refractivity contribution in [3.63, 3.8) is 0 Å². The normalized spacial score (nSPS) is 19.1. The summed E-state index contributed by atoms with van der Waals surface area (Å²) >= 11 is 0. The van der Waals surface area contributed by atoms with Gasteiger partial charge in [-0.1, -0.05) is 18.2 Å². The summed E-state index contributed by atoms with van der Waals surface area (Å²) in [6.07, 6.45) is 1.89. The molecule has 4 rings (SSSR count). The molecule has 2 aliphatic rings. The number of nitrogens with zero attached hydrogens (tertiary/aromatic N) is 2. The Morgan fingerprint density at radius 3 is 2.95 bits per heavy atom. The predicted molar refractivity (Wildman–Crippen MR) is 73.1 cm³/mol. The van der Waals surface area contributed by atoms with Crippen LogP contribution in [0.4, 0.5) is 10.5 Å². The molecule has 1 aromatic heterocycles. The highest BCUT2D eigenvalue weighted by molar-refractivity contribution is 5.90. The molecule has 2 aromatic rings. The van der Waals surface area contributed by atoms with Gasteiger partial charge in [0.25, 0.3) is 0 Å². The lowest BCUT2D eigenvalue weighted by Crippen LogP contribution is -2.63. The van der Waals surface area contributed by atoms with Crippen molar-refractivity contribution in [1.29, 1.82) is 0 Å². The Labute approximate surface area is 110 Å². The number of hydrogen-bond donors (Lipinski definition) is 2. The van der Waals surface area contributed by atoms with Crippen LogP contribution in [0.5, 0.6) is 0 Å². The Hall–Kier alpha value is -2.30. The number of carbonyl (C=O) groups excluding carboxylic acids is 1. The van der Waals surface area contributed by atoms with Gasteiger partial charge in [0.15, 0.2) is 0 Å². The topological polar surface area (TPSA) is 71.2 Å². The first-order chi connectivity index (χ1) is 9.20. The van der Waals surface area contributed by atoms with E-state index in [4.69, 9.17) is 5.73 Å². The molecule has 1 fully saturated rings. The number of fused-ring (bicyclic) bond motifs is 4. The number of urea groups is 1. The Bertz CT molecular complexity index is 691. The van der Waals surface area contributed by atoms with Gasteiger partial charge in [-0.2, -0.15) is 0 Å². The number of nitrogens with one attached hydrogen (secondary N) is 1. The van der Waals surface area contributed by atoms with Crippen LogP contribution in [-0.2, 0) is 5.41 Å². The molecule has 96 valence electrons. The lowest BCUT2D eigenvalue weighted by molar-refractivity contribution is 0.110. The summed E-state index contributed by atoms with van der Waals surface area (Å²) in [5, 5.41) is 4.58. The van der Waals surface area contributed by atoms with Gasteiger partial charge in [0, 0.05) is 25.0 Å². The van der Waals surface area contributed by atoms with Crippen molar-refractivity contribution in [3.05, 3.63) is 36.0 Å². The van der Waals surface area contributed by atoms with Crippen LogP contribution in [0.1, 0.15) is 5.56 Å². The molecule has 1 aromatic carbocycles. The van der Waals surface area contributed by atoms with Crippen LogP contribution >= 0.6 is 0 Å². The molecular formula is C14H14N4O. The largest absolute Gasteiger partial charge is 0.383 e. The second kappa shape index (κ2) is 3.38. The number of likely N-dealkylation sites (tertiary alicyclic amines) is 1. The maximum Gasteiger partial charge on any atom is 0.314 e. The minimum absolute atomic E-state index is 0.00685. The number of hydrogen-bond acceptors (Lipinski definition) is 3. The third-order valence-corrected chi connectivity index (χ3v) is 4.22. The second-order valence-corrected chi connectivity index (χ2v) is 5.39. The van der Waals surface area contributed by atoms with E-state index in [0.29, 0.717) is 13.1 Å². The molecule has 0 unspecified atom stereocenters. The van der Waals surface area contributed by atoms with Crippen molar-refractivity contribution in [2.75, 3.05) is 25.0 Å². The molecule has 3 N–H and O–H groups in total. The van der Waals surface area contributed by atoms with E-state index in [1.54, 1.807) is 4.90 Å². The third-order valence-electron chi connectivity index (χ3n) is 4.22. The van der Waals surface area contributed by atoms with Crippen molar-refractivity contribution in [2.24, 2.45) is 5.73 Å². The summed E-state index contributed by atoms with van der Waals surface area (Å²) in [4.78, 5) is 17.4. The second-order valence-electron chi connectivity index (χ2n) is 5.39. The minimum Gasteiger partial charge on any atom is -0.383 e. The van der Waals surface area contributed by atoms with E-state index in [-0.39, 0.29) is 11.4 Å². The van der Waals surface area contributed by atoms with Crippen molar-refractivity contribution >= 4 is 22.6 Å². The number of nitrogens with two attached hydrogens (primary N) is 1. The van der Waals surface area contributed by atoms with Crippen LogP contribution in [0.15, 0.2) is 30.5 Å². The Kier molecular flexibility index (Phi) is 1.88. The molecule has 19 heavy (non-hydrogen) atoms. The van der Waals surface area contributed by atoms with Crippen molar-refractivity contribution in [1.82, 2.24) is 9.88 Å². The standard InChI is InChI=1S/C14H14N4O/c15-13(19)18-7-14(8-18)6-17-11-5-16-10-4-2-1-3-9(10)12(11)14/h1-5,17H,6-8H2,(H2,15,19). The number of anilines is 1. The van der Waals surface area contributed by atoms with Crippen LogP contribution < -0.4 is 11.1 Å². The Morgan fingerprint density at radius 1 is 1.37 bits per heavy atom. The summed E-state index contributed by atoms with van der Waals surface area (Å²) in [6, 6.07) is 7.81. The van der Waals surface area contributed by atoms with Crippen LogP contribution in [-0.4, -0.2) is 35.5 Å². The summed E-state index contributed by atoms with van der Waals surface area (Å²) in [5.41, 5.74) is 8.72. The number of para-hydroxylation sites is 1. The van der Waals surface area contributed by atoms with Crippen molar-refractivity contribution < 1.29 is 4.79 Å². The highest BCUT2D eigenvalue weighted by Gasteiger charge is 2.50. The smallest absolute Gasteiger partial charge is 0.314 e. The van der Waals surface area contributed by atoms with Gasteiger partial charge in [-0.25, -0.2) is 4.79 Å². The lowest BCUT2D eigenvalue weighted by Gasteiger charge is -2.47. The van der Waals surface area contributed by atoms with E-state index in [1.165, 1.54) is 10.9 Å². The molecule has 5 nitrogen and oxygen atoms in total. The zero-order valence-corrected chi connectivity index (χ0v) is 10.4. The van der Waals surface area contributed by atoms with Crippen molar-refractivity contribution in [3.8, 4) is 0 Å². The van der Waals surface area contributed by atoms with Gasteiger partial charge in [-0.05, 0) is 11.6 Å². The van der Waals surface area contributed by atoms with Gasteiger partial charge in [-0.15, -0.1) is 0 Å². The quantitative estimate of drug-likeness (QED) is 0.744. The Balaban J connectivity index is 1.87. The van der Waals surface area contributed by atoms with Crippen LogP contribution in [0.25, 0.3) is 10.9 Å². The van der Waals surface area contributed by atoms with E-state index < -0.39 is 0 Å². The number of benzene rings is 1. The van der Waals surface area contributed by atoms with Gasteiger partial charge in [0.05, 0.1) is 22.8 Å². The zero-order valence-electron chi connectivity index (χ0n) is 10.4. The number of aromatic nitrogens is 1. The molecule has 5 heteroatoms. The molecule has 0 saturated carbocycles. The molecule has 1 spiro atoms. The molecule has 0 radical (unpaired) electrons. The number of amides is 2. The highest BCUT2D eigenvalue weighted by atomic mass is 16.2. The summed E-state index contributed by atoms with van der Waals surface area (Å²) in [6.45, 7) is 2.23. The summed E-state index contributed by atoms with van der Waals surface area (Å²) in [7, 11) is 0. The first-order valence-electron chi connectivity index (χ1n) is 6.36. The maximum absolute atomic E-state index is 11.2. The predicted octanol–water partition coefficient (Wildman–Crippen LogP) is 1.29. The fourth-order valence-electron chi connectivity index (χ4n) is 3.31. The third kappa shape index (κ3) is 1.30. The molecular weight excluding hydrogens is 240 g/mol. The van der Waals surface area contributed by atoms with E-state index >= 15 is 0 Å². The van der Waals surface area contributed by atoms with Gasteiger partial charge >= 0.3 is 6.03 Å². The van der Waals surface area contributed by atoms with E-state index in [1.807, 2.05) is 24.4 Å². The van der Waals surface area contributed by atoms with Gasteiger partial charge in [0.2, 0.25) is 0 Å². The lowest BCUT2D eigenvalue weighted by atomic mass is 9.74. The van der Waals surface area contributed by atoms with Gasteiger partial charge in [0.1, 0.15) is 0 Å². The summed E-state index contributed by atoms with van der Waals surface area (Å²) < 4.78 is 0. The maximum atomic E-state index is 11.2. The minimum atomic E-state index is -0.336. The number of rotatable bonds is 0. The number of carbonyl (C=O) groups is 1. The fourth-order valence-corrected chi connectivity index (χ4v) is 3.31. The first kappa shape index (κ1) is 10.6. The van der Waals surface area contributed by atoms with Crippen molar-refractivity contribution in [2.45, 2.75) is 5.41 Å². The van der Waals surface area contributed by atoms with Crippen LogP contribution in [0, 0.1) is 0 Å². The Morgan fingerprint density at radius 2 is 2.16 bits per heavy atom. The zero-order chi connectivity index (χ0) is 13.0. The fraction of sp³-hybridized carbons (Fsp3) is 0.286. The molecule has 0 atom stereocenters.